The van der Waals surface area contributed by atoms with E-state index in [0.29, 0.717) is 6.54 Å². The summed E-state index contributed by atoms with van der Waals surface area (Å²) in [6.45, 7) is 2.48. The van der Waals surface area contributed by atoms with E-state index in [1.807, 2.05) is 44.3 Å². The molecule has 0 aliphatic heterocycles. The second-order valence-electron chi connectivity index (χ2n) is 6.44. The molecule has 1 aromatic heterocycles. The molecule has 3 heteroatoms. The third-order valence-electron chi connectivity index (χ3n) is 4.37. The number of benzene rings is 2. The molecule has 1 unspecified atom stereocenters. The number of rotatable bonds is 6. The molecule has 128 valence electrons. The molecular weight excluding hydrogens is 310 g/mol. The van der Waals surface area contributed by atoms with Gasteiger partial charge in [0.25, 0.3) is 0 Å². The van der Waals surface area contributed by atoms with Crippen LogP contribution in [0, 0.1) is 5.92 Å². The van der Waals surface area contributed by atoms with Crippen molar-refractivity contribution in [2.75, 3.05) is 7.05 Å². The Morgan fingerprint density at radius 1 is 0.960 bits per heavy atom. The molecule has 0 aliphatic carbocycles. The zero-order chi connectivity index (χ0) is 17.6. The molecule has 3 rings (SSSR count). The zero-order valence-corrected chi connectivity index (χ0v) is 14.7. The van der Waals surface area contributed by atoms with Crippen molar-refractivity contribution in [2.24, 2.45) is 5.92 Å². The summed E-state index contributed by atoms with van der Waals surface area (Å²) < 4.78 is 5.31. The lowest BCUT2D eigenvalue weighted by Crippen LogP contribution is -2.32. The molecule has 0 spiro atoms. The number of carbonyl (C=O) groups is 1. The molecule has 3 nitrogen and oxygen atoms in total. The Kier molecular flexibility index (Phi) is 5.34. The maximum Gasteiger partial charge on any atom is 0.225 e. The third-order valence-corrected chi connectivity index (χ3v) is 4.37. The van der Waals surface area contributed by atoms with E-state index < -0.39 is 0 Å². The van der Waals surface area contributed by atoms with Crippen molar-refractivity contribution >= 4 is 5.91 Å². The first-order chi connectivity index (χ1) is 12.1. The molecule has 0 N–H and O–H groups in total. The van der Waals surface area contributed by atoms with Gasteiger partial charge in [0.05, 0.1) is 12.8 Å². The largest absolute Gasteiger partial charge is 0.467 e. The Balaban J connectivity index is 1.60. The van der Waals surface area contributed by atoms with Gasteiger partial charge in [0, 0.05) is 13.0 Å². The molecule has 3 aromatic rings. The Hall–Kier alpha value is -2.81. The van der Waals surface area contributed by atoms with Gasteiger partial charge in [-0.3, -0.25) is 4.79 Å². The zero-order valence-electron chi connectivity index (χ0n) is 14.7. The lowest BCUT2D eigenvalue weighted by atomic mass is 9.97. The first-order valence-corrected chi connectivity index (χ1v) is 8.55. The number of nitrogens with zero attached hydrogens (tertiary/aromatic N) is 1. The second kappa shape index (κ2) is 7.84. The van der Waals surface area contributed by atoms with Crippen LogP contribution in [0.2, 0.25) is 0 Å². The third kappa shape index (κ3) is 4.38. The first-order valence-electron chi connectivity index (χ1n) is 8.55. The molecule has 0 radical (unpaired) electrons. The molecule has 1 amide bonds. The number of amides is 1. The van der Waals surface area contributed by atoms with Crippen molar-refractivity contribution in [2.45, 2.75) is 19.9 Å². The smallest absolute Gasteiger partial charge is 0.225 e. The molecule has 0 saturated carbocycles. The fourth-order valence-electron chi connectivity index (χ4n) is 3.00. The maximum absolute atomic E-state index is 12.5. The minimum absolute atomic E-state index is 0.0671. The Morgan fingerprint density at radius 2 is 1.64 bits per heavy atom. The van der Waals surface area contributed by atoms with E-state index in [1.54, 1.807) is 11.2 Å². The van der Waals surface area contributed by atoms with Gasteiger partial charge >= 0.3 is 0 Å². The molecular formula is C22H23NO2. The highest BCUT2D eigenvalue weighted by atomic mass is 16.3. The van der Waals surface area contributed by atoms with Crippen molar-refractivity contribution in [3.8, 4) is 11.1 Å². The molecule has 0 fully saturated rings. The summed E-state index contributed by atoms with van der Waals surface area (Å²) in [4.78, 5) is 14.3. The number of hydrogen-bond donors (Lipinski definition) is 0. The molecule has 0 aliphatic rings. The van der Waals surface area contributed by atoms with E-state index in [0.717, 1.165) is 12.2 Å². The van der Waals surface area contributed by atoms with Crippen LogP contribution in [-0.2, 0) is 17.8 Å². The summed E-state index contributed by atoms with van der Waals surface area (Å²) in [5.74, 6) is 0.862. The Bertz CT molecular complexity index is 792. The number of carbonyl (C=O) groups excluding carboxylic acids is 1. The monoisotopic (exact) mass is 333 g/mol. The van der Waals surface area contributed by atoms with E-state index in [9.17, 15) is 4.79 Å². The predicted molar refractivity (Wildman–Crippen MR) is 99.9 cm³/mol. The van der Waals surface area contributed by atoms with E-state index in [-0.39, 0.29) is 11.8 Å². The van der Waals surface area contributed by atoms with Crippen molar-refractivity contribution in [3.63, 3.8) is 0 Å². The summed E-state index contributed by atoms with van der Waals surface area (Å²) in [5.41, 5.74) is 3.57. The summed E-state index contributed by atoms with van der Waals surface area (Å²) in [6.07, 6.45) is 2.36. The minimum Gasteiger partial charge on any atom is -0.467 e. The molecule has 25 heavy (non-hydrogen) atoms. The topological polar surface area (TPSA) is 33.5 Å². The van der Waals surface area contributed by atoms with Crippen molar-refractivity contribution in [1.29, 1.82) is 0 Å². The van der Waals surface area contributed by atoms with Crippen LogP contribution in [0.15, 0.2) is 77.4 Å². The van der Waals surface area contributed by atoms with Crippen LogP contribution in [0.25, 0.3) is 11.1 Å². The summed E-state index contributed by atoms with van der Waals surface area (Å²) >= 11 is 0. The van der Waals surface area contributed by atoms with Gasteiger partial charge in [-0.1, -0.05) is 61.5 Å². The van der Waals surface area contributed by atoms with E-state index in [4.69, 9.17) is 4.42 Å². The van der Waals surface area contributed by atoms with Gasteiger partial charge in [-0.05, 0) is 35.2 Å². The Morgan fingerprint density at radius 3 is 2.28 bits per heavy atom. The highest BCUT2D eigenvalue weighted by Crippen LogP contribution is 2.21. The minimum atomic E-state index is -0.0671. The Labute approximate surface area is 148 Å². The summed E-state index contributed by atoms with van der Waals surface area (Å²) in [6, 6.07) is 22.5. The lowest BCUT2D eigenvalue weighted by Gasteiger charge is -2.20. The fourth-order valence-corrected chi connectivity index (χ4v) is 3.00. The van der Waals surface area contributed by atoms with Crippen LogP contribution in [0.5, 0.6) is 0 Å². The molecule has 1 atom stereocenters. The normalized spacial score (nSPS) is 11.9. The van der Waals surface area contributed by atoms with Gasteiger partial charge in [0.1, 0.15) is 5.76 Å². The van der Waals surface area contributed by atoms with Crippen LogP contribution < -0.4 is 0 Å². The highest BCUT2D eigenvalue weighted by Gasteiger charge is 2.18. The SMILES string of the molecule is CC(Cc1ccc(-c2ccccc2)cc1)C(=O)N(C)Cc1ccco1. The van der Waals surface area contributed by atoms with Gasteiger partial charge in [-0.2, -0.15) is 0 Å². The quantitative estimate of drug-likeness (QED) is 0.650. The molecule has 0 bridgehead atoms. The standard InChI is InChI=1S/C22H23NO2/c1-17(22(24)23(2)16-21-9-6-14-25-21)15-18-10-12-20(13-11-18)19-7-4-3-5-8-19/h3-14,17H,15-16H2,1-2H3. The van der Waals surface area contributed by atoms with Crippen LogP contribution >= 0.6 is 0 Å². The average molecular weight is 333 g/mol. The predicted octanol–water partition coefficient (Wildman–Crippen LogP) is 4.78. The van der Waals surface area contributed by atoms with Gasteiger partial charge in [0.15, 0.2) is 0 Å². The maximum atomic E-state index is 12.5. The van der Waals surface area contributed by atoms with E-state index in [1.165, 1.54) is 16.7 Å². The van der Waals surface area contributed by atoms with Crippen molar-refractivity contribution in [1.82, 2.24) is 4.90 Å². The molecule has 2 aromatic carbocycles. The van der Waals surface area contributed by atoms with E-state index in [2.05, 4.69) is 36.4 Å². The summed E-state index contributed by atoms with van der Waals surface area (Å²) in [7, 11) is 1.82. The number of furan rings is 1. The van der Waals surface area contributed by atoms with Crippen LogP contribution in [0.4, 0.5) is 0 Å². The van der Waals surface area contributed by atoms with E-state index >= 15 is 0 Å². The average Bonchev–Trinajstić information content (AvgIpc) is 3.15. The van der Waals surface area contributed by atoms with Crippen LogP contribution in [0.3, 0.4) is 0 Å². The highest BCUT2D eigenvalue weighted by molar-refractivity contribution is 5.78. The van der Waals surface area contributed by atoms with Gasteiger partial charge < -0.3 is 9.32 Å². The molecule has 0 saturated heterocycles. The van der Waals surface area contributed by atoms with Crippen LogP contribution in [0.1, 0.15) is 18.2 Å². The second-order valence-corrected chi connectivity index (χ2v) is 6.44. The summed E-state index contributed by atoms with van der Waals surface area (Å²) in [5, 5.41) is 0. The number of hydrogen-bond acceptors (Lipinski definition) is 2. The van der Waals surface area contributed by atoms with Crippen LogP contribution in [-0.4, -0.2) is 17.9 Å². The van der Waals surface area contributed by atoms with Gasteiger partial charge in [-0.25, -0.2) is 0 Å². The van der Waals surface area contributed by atoms with Gasteiger partial charge in [0.2, 0.25) is 5.91 Å². The first kappa shape index (κ1) is 17.0. The lowest BCUT2D eigenvalue weighted by molar-refractivity contribution is -0.134. The van der Waals surface area contributed by atoms with Gasteiger partial charge in [-0.15, -0.1) is 0 Å². The van der Waals surface area contributed by atoms with Crippen molar-refractivity contribution < 1.29 is 9.21 Å². The molecule has 1 heterocycles. The fraction of sp³-hybridized carbons (Fsp3) is 0.227. The van der Waals surface area contributed by atoms with Crippen molar-refractivity contribution in [3.05, 3.63) is 84.3 Å².